The number of hydrogen-bond acceptors (Lipinski definition) is 4. The van der Waals surface area contributed by atoms with Crippen LogP contribution in [0.25, 0.3) is 0 Å². The molecule has 1 aliphatic heterocycles. The molecular formula is C15H21NO3S. The molecule has 1 N–H and O–H groups in total. The Morgan fingerprint density at radius 2 is 2.15 bits per heavy atom. The minimum Gasteiger partial charge on any atom is -0.461 e. The summed E-state index contributed by atoms with van der Waals surface area (Å²) in [7, 11) is 0. The molecule has 5 unspecified atom stereocenters. The van der Waals surface area contributed by atoms with Crippen LogP contribution in [0.5, 0.6) is 0 Å². The van der Waals surface area contributed by atoms with E-state index in [9.17, 15) is 9.59 Å². The quantitative estimate of drug-likeness (QED) is 0.639. The molecule has 0 aromatic rings. The third kappa shape index (κ3) is 1.90. The average Bonchev–Trinajstić information content (AvgIpc) is 2.99. The molecule has 0 spiro atoms. The number of hydrogen-bond donors (Lipinski definition) is 1. The molecule has 2 saturated carbocycles. The Morgan fingerprint density at radius 3 is 2.80 bits per heavy atom. The topological polar surface area (TPSA) is 55.4 Å². The van der Waals surface area contributed by atoms with Crippen molar-refractivity contribution in [1.82, 2.24) is 5.32 Å². The normalized spacial score (nSPS) is 38.0. The van der Waals surface area contributed by atoms with E-state index in [1.807, 2.05) is 20.8 Å². The van der Waals surface area contributed by atoms with Crippen molar-refractivity contribution < 1.29 is 14.3 Å². The maximum absolute atomic E-state index is 12.2. The molecule has 1 heterocycles. The number of esters is 1. The smallest absolute Gasteiger partial charge is 0.309 e. The van der Waals surface area contributed by atoms with Crippen LogP contribution in [-0.2, 0) is 14.3 Å². The van der Waals surface area contributed by atoms with Crippen LogP contribution in [0.4, 0.5) is 0 Å². The zero-order valence-electron chi connectivity index (χ0n) is 12.1. The zero-order valence-corrected chi connectivity index (χ0v) is 13.0. The maximum atomic E-state index is 12.2. The first-order valence-corrected chi connectivity index (χ1v) is 7.81. The summed E-state index contributed by atoms with van der Waals surface area (Å²) in [4.78, 5) is 24.5. The summed E-state index contributed by atoms with van der Waals surface area (Å²) in [6.07, 6.45) is 2.55. The van der Waals surface area contributed by atoms with Gasteiger partial charge in [0.2, 0.25) is 5.91 Å². The highest BCUT2D eigenvalue weighted by atomic mass is 32.1. The highest BCUT2D eigenvalue weighted by Gasteiger charge is 2.62. The Labute approximate surface area is 124 Å². The van der Waals surface area contributed by atoms with Crippen molar-refractivity contribution in [3.05, 3.63) is 0 Å². The standard InChI is InChI=1S/C15H21NO3S/c1-4-15(2,3)14(18)16-12(20)10-7-5-8-9(6-7)13(17)19-11(8)10/h7-11H,4-6H2,1-3H3,(H,16,18,20). The van der Waals surface area contributed by atoms with E-state index >= 15 is 0 Å². The number of nitrogens with one attached hydrogen (secondary N) is 1. The molecule has 2 bridgehead atoms. The van der Waals surface area contributed by atoms with Gasteiger partial charge in [-0.05, 0) is 25.2 Å². The van der Waals surface area contributed by atoms with Gasteiger partial charge in [0.15, 0.2) is 0 Å². The van der Waals surface area contributed by atoms with Crippen LogP contribution in [0.2, 0.25) is 0 Å². The second kappa shape index (κ2) is 4.52. The number of carbonyl (C=O) groups is 2. The van der Waals surface area contributed by atoms with Crippen LogP contribution in [0.15, 0.2) is 0 Å². The van der Waals surface area contributed by atoms with E-state index in [1.165, 1.54) is 0 Å². The lowest BCUT2D eigenvalue weighted by Gasteiger charge is -2.28. The van der Waals surface area contributed by atoms with Gasteiger partial charge >= 0.3 is 5.97 Å². The Bertz CT molecular complexity index is 488. The fraction of sp³-hybridized carbons (Fsp3) is 0.800. The molecule has 4 nitrogen and oxygen atoms in total. The van der Waals surface area contributed by atoms with Gasteiger partial charge in [0.05, 0.1) is 10.9 Å². The molecule has 3 fully saturated rings. The molecular weight excluding hydrogens is 274 g/mol. The van der Waals surface area contributed by atoms with Crippen molar-refractivity contribution in [1.29, 1.82) is 0 Å². The Morgan fingerprint density at radius 1 is 1.45 bits per heavy atom. The lowest BCUT2D eigenvalue weighted by molar-refractivity contribution is -0.143. The minimum absolute atomic E-state index is 0.0337. The lowest BCUT2D eigenvalue weighted by Crippen LogP contribution is -2.46. The first-order valence-electron chi connectivity index (χ1n) is 7.41. The number of carbonyl (C=O) groups excluding carboxylic acids is 2. The fourth-order valence-electron chi connectivity index (χ4n) is 3.84. The molecule has 5 heteroatoms. The van der Waals surface area contributed by atoms with Gasteiger partial charge in [-0.1, -0.05) is 33.0 Å². The van der Waals surface area contributed by atoms with Crippen molar-refractivity contribution >= 4 is 29.1 Å². The van der Waals surface area contributed by atoms with E-state index in [0.29, 0.717) is 16.8 Å². The first kappa shape index (κ1) is 14.0. The molecule has 0 radical (unpaired) electrons. The van der Waals surface area contributed by atoms with E-state index in [-0.39, 0.29) is 29.8 Å². The van der Waals surface area contributed by atoms with Crippen molar-refractivity contribution in [2.75, 3.05) is 0 Å². The summed E-state index contributed by atoms with van der Waals surface area (Å²) in [6.45, 7) is 5.82. The number of rotatable bonds is 3. The average molecular weight is 295 g/mol. The SMILES string of the molecule is CCC(C)(C)C(=O)NC(=S)C1C2CC3C(=O)OC1C3C2. The Hall–Kier alpha value is -0.970. The van der Waals surface area contributed by atoms with Crippen molar-refractivity contribution in [3.63, 3.8) is 0 Å². The number of amides is 1. The molecule has 0 aromatic heterocycles. The largest absolute Gasteiger partial charge is 0.461 e. The molecule has 110 valence electrons. The van der Waals surface area contributed by atoms with E-state index in [2.05, 4.69) is 5.32 Å². The van der Waals surface area contributed by atoms with Crippen LogP contribution in [0, 0.1) is 29.1 Å². The van der Waals surface area contributed by atoms with Gasteiger partial charge in [0, 0.05) is 17.3 Å². The van der Waals surface area contributed by atoms with Crippen LogP contribution >= 0.6 is 12.2 Å². The van der Waals surface area contributed by atoms with Crippen molar-refractivity contribution in [2.24, 2.45) is 29.1 Å². The summed E-state index contributed by atoms with van der Waals surface area (Å²) in [5.41, 5.74) is -0.420. The Balaban J connectivity index is 1.71. The van der Waals surface area contributed by atoms with Crippen LogP contribution in [0.3, 0.4) is 0 Å². The molecule has 0 aromatic carbocycles. The number of fused-ring (bicyclic) bond motifs is 1. The van der Waals surface area contributed by atoms with Gasteiger partial charge < -0.3 is 10.1 Å². The van der Waals surface area contributed by atoms with Crippen LogP contribution in [0.1, 0.15) is 40.0 Å². The highest BCUT2D eigenvalue weighted by Crippen LogP contribution is 2.57. The van der Waals surface area contributed by atoms with E-state index < -0.39 is 5.41 Å². The third-order valence-corrected chi connectivity index (χ3v) is 5.90. The van der Waals surface area contributed by atoms with Gasteiger partial charge in [-0.15, -0.1) is 0 Å². The molecule has 20 heavy (non-hydrogen) atoms. The molecule has 1 saturated heterocycles. The molecule has 1 amide bonds. The predicted octanol–water partition coefficient (Wildman–Crippen LogP) is 2.06. The van der Waals surface area contributed by atoms with Gasteiger partial charge in [-0.2, -0.15) is 0 Å². The van der Waals surface area contributed by atoms with Gasteiger partial charge in [-0.3, -0.25) is 9.59 Å². The number of thiocarbonyl (C=S) groups is 1. The molecule has 3 rings (SSSR count). The van der Waals surface area contributed by atoms with Crippen molar-refractivity contribution in [2.45, 2.75) is 46.1 Å². The van der Waals surface area contributed by atoms with Crippen molar-refractivity contribution in [3.8, 4) is 0 Å². The van der Waals surface area contributed by atoms with E-state index in [1.54, 1.807) is 0 Å². The lowest BCUT2D eigenvalue weighted by atomic mass is 9.81. The van der Waals surface area contributed by atoms with Gasteiger partial charge in [0.25, 0.3) is 0 Å². The second-order valence-corrected chi connectivity index (χ2v) is 7.42. The first-order chi connectivity index (χ1) is 9.35. The molecule has 2 aliphatic carbocycles. The van der Waals surface area contributed by atoms with E-state index in [0.717, 1.165) is 19.3 Å². The monoisotopic (exact) mass is 295 g/mol. The van der Waals surface area contributed by atoms with Gasteiger partial charge in [-0.25, -0.2) is 0 Å². The predicted molar refractivity (Wildman–Crippen MR) is 77.9 cm³/mol. The van der Waals surface area contributed by atoms with Gasteiger partial charge in [0.1, 0.15) is 6.10 Å². The summed E-state index contributed by atoms with van der Waals surface area (Å²) in [6, 6.07) is 0. The van der Waals surface area contributed by atoms with E-state index in [4.69, 9.17) is 17.0 Å². The summed E-state index contributed by atoms with van der Waals surface area (Å²) in [5, 5.41) is 2.90. The highest BCUT2D eigenvalue weighted by molar-refractivity contribution is 7.80. The molecule has 3 aliphatic rings. The van der Waals surface area contributed by atoms with Crippen LogP contribution < -0.4 is 5.32 Å². The number of ether oxygens (including phenoxy) is 1. The molecule has 5 atom stereocenters. The summed E-state index contributed by atoms with van der Waals surface area (Å²) < 4.78 is 5.49. The fourth-order valence-corrected chi connectivity index (χ4v) is 4.26. The maximum Gasteiger partial charge on any atom is 0.309 e. The zero-order chi connectivity index (χ0) is 14.7. The van der Waals surface area contributed by atoms with Crippen LogP contribution in [-0.4, -0.2) is 23.0 Å². The minimum atomic E-state index is -0.420. The summed E-state index contributed by atoms with van der Waals surface area (Å²) >= 11 is 5.45. The second-order valence-electron chi connectivity index (χ2n) is 6.98. The third-order valence-electron chi connectivity index (χ3n) is 5.53. The Kier molecular flexibility index (Phi) is 3.16. The summed E-state index contributed by atoms with van der Waals surface area (Å²) in [5.74, 6) is 0.758.